The van der Waals surface area contributed by atoms with Crippen molar-refractivity contribution in [2.45, 2.75) is 6.10 Å². The molecule has 1 unspecified atom stereocenters. The van der Waals surface area contributed by atoms with Crippen LogP contribution in [-0.4, -0.2) is 48.4 Å². The SMILES string of the molecule is [N-]=[N+]=NCC1CN(c2cnc3c(n2)NCCO3)C(=O)O1. The molecule has 1 fully saturated rings. The average molecular weight is 277 g/mol. The number of hydrogen-bond acceptors (Lipinski definition) is 7. The molecule has 2 aliphatic heterocycles. The molecule has 1 N–H and O–H groups in total. The summed E-state index contributed by atoms with van der Waals surface area (Å²) < 4.78 is 10.4. The number of rotatable bonds is 3. The van der Waals surface area contributed by atoms with Crippen LogP contribution in [0, 0.1) is 0 Å². The summed E-state index contributed by atoms with van der Waals surface area (Å²) in [4.78, 5) is 24.1. The summed E-state index contributed by atoms with van der Waals surface area (Å²) >= 11 is 0. The van der Waals surface area contributed by atoms with Crippen LogP contribution in [-0.2, 0) is 4.74 Å². The maximum atomic E-state index is 11.8. The summed E-state index contributed by atoms with van der Waals surface area (Å²) in [6.45, 7) is 1.53. The first-order chi connectivity index (χ1) is 9.78. The number of nitrogens with zero attached hydrogens (tertiary/aromatic N) is 6. The minimum absolute atomic E-state index is 0.0957. The number of carbonyl (C=O) groups excluding carboxylic acids is 1. The number of fused-ring (bicyclic) bond motifs is 1. The van der Waals surface area contributed by atoms with Crippen molar-refractivity contribution in [3.8, 4) is 5.88 Å². The molecular weight excluding hydrogens is 266 g/mol. The van der Waals surface area contributed by atoms with E-state index in [1.165, 1.54) is 11.1 Å². The smallest absolute Gasteiger partial charge is 0.415 e. The Morgan fingerprint density at radius 2 is 2.55 bits per heavy atom. The fourth-order valence-corrected chi connectivity index (χ4v) is 1.97. The normalized spacial score (nSPS) is 20.3. The van der Waals surface area contributed by atoms with Crippen LogP contribution in [0.25, 0.3) is 10.4 Å². The van der Waals surface area contributed by atoms with Gasteiger partial charge in [0.05, 0.1) is 25.8 Å². The predicted molar refractivity (Wildman–Crippen MR) is 67.6 cm³/mol. The first-order valence-electron chi connectivity index (χ1n) is 6.00. The Hall–Kier alpha value is -2.74. The highest BCUT2D eigenvalue weighted by Crippen LogP contribution is 2.27. The fraction of sp³-hybridized carbons (Fsp3) is 0.500. The highest BCUT2D eigenvalue weighted by molar-refractivity contribution is 5.88. The molecule has 0 bridgehead atoms. The van der Waals surface area contributed by atoms with Gasteiger partial charge in [0.2, 0.25) is 0 Å². The Labute approximate surface area is 113 Å². The van der Waals surface area contributed by atoms with Gasteiger partial charge in [0.15, 0.2) is 11.6 Å². The second-order valence-electron chi connectivity index (χ2n) is 4.19. The average Bonchev–Trinajstić information content (AvgIpc) is 2.85. The maximum Gasteiger partial charge on any atom is 0.415 e. The number of ether oxygens (including phenoxy) is 2. The second kappa shape index (κ2) is 5.10. The van der Waals surface area contributed by atoms with Crippen LogP contribution in [0.1, 0.15) is 0 Å². The molecule has 0 radical (unpaired) electrons. The van der Waals surface area contributed by atoms with Crippen molar-refractivity contribution in [1.82, 2.24) is 9.97 Å². The van der Waals surface area contributed by atoms with Gasteiger partial charge >= 0.3 is 6.09 Å². The number of aromatic nitrogens is 2. The van der Waals surface area contributed by atoms with E-state index in [9.17, 15) is 4.79 Å². The number of hydrogen-bond donors (Lipinski definition) is 1. The van der Waals surface area contributed by atoms with E-state index in [1.807, 2.05) is 0 Å². The quantitative estimate of drug-likeness (QED) is 0.497. The van der Waals surface area contributed by atoms with Gasteiger partial charge in [-0.3, -0.25) is 4.90 Å². The summed E-state index contributed by atoms with van der Waals surface area (Å²) in [6, 6.07) is 0. The molecule has 3 rings (SSSR count). The lowest BCUT2D eigenvalue weighted by Crippen LogP contribution is -2.27. The van der Waals surface area contributed by atoms with E-state index in [0.29, 0.717) is 30.7 Å². The van der Waals surface area contributed by atoms with E-state index >= 15 is 0 Å². The van der Waals surface area contributed by atoms with E-state index in [0.717, 1.165) is 0 Å². The standard InChI is InChI=1S/C10H11N7O3/c11-16-14-3-6-5-17(10(18)20-6)7-4-13-9-8(15-7)12-1-2-19-9/h4,6H,1-3,5H2,(H,12,15). The summed E-state index contributed by atoms with van der Waals surface area (Å²) in [5.74, 6) is 1.29. The Bertz CT molecular complexity index is 586. The fourth-order valence-electron chi connectivity index (χ4n) is 1.97. The van der Waals surface area contributed by atoms with E-state index < -0.39 is 12.2 Å². The van der Waals surface area contributed by atoms with Crippen LogP contribution < -0.4 is 15.0 Å². The Kier molecular flexibility index (Phi) is 3.13. The molecule has 3 heterocycles. The van der Waals surface area contributed by atoms with Gasteiger partial charge in [0, 0.05) is 4.91 Å². The third-order valence-corrected chi connectivity index (χ3v) is 2.86. The van der Waals surface area contributed by atoms with E-state index in [4.69, 9.17) is 15.0 Å². The molecule has 0 spiro atoms. The zero-order valence-electron chi connectivity index (χ0n) is 10.4. The van der Waals surface area contributed by atoms with Crippen LogP contribution in [0.4, 0.5) is 16.4 Å². The van der Waals surface area contributed by atoms with Gasteiger partial charge in [-0.2, -0.15) is 0 Å². The predicted octanol–water partition coefficient (Wildman–Crippen LogP) is 0.916. The number of nitrogens with one attached hydrogen (secondary N) is 1. The molecule has 20 heavy (non-hydrogen) atoms. The summed E-state index contributed by atoms with van der Waals surface area (Å²) in [5.41, 5.74) is 8.27. The molecule has 0 aromatic carbocycles. The molecule has 1 atom stereocenters. The van der Waals surface area contributed by atoms with Gasteiger partial charge in [0.25, 0.3) is 5.88 Å². The first-order valence-corrected chi connectivity index (χ1v) is 6.00. The molecule has 2 aliphatic rings. The number of carbonyl (C=O) groups is 1. The molecule has 10 nitrogen and oxygen atoms in total. The molecule has 0 saturated carbocycles. The molecular formula is C10H11N7O3. The molecule has 104 valence electrons. The van der Waals surface area contributed by atoms with Crippen LogP contribution in [0.5, 0.6) is 5.88 Å². The van der Waals surface area contributed by atoms with Crippen LogP contribution >= 0.6 is 0 Å². The number of cyclic esters (lactones) is 1. The minimum Gasteiger partial charge on any atom is -0.473 e. The van der Waals surface area contributed by atoms with Crippen molar-refractivity contribution in [3.05, 3.63) is 16.6 Å². The van der Waals surface area contributed by atoms with Gasteiger partial charge in [0.1, 0.15) is 12.7 Å². The molecule has 1 aromatic heterocycles. The largest absolute Gasteiger partial charge is 0.473 e. The van der Waals surface area contributed by atoms with E-state index in [2.05, 4.69) is 25.3 Å². The Balaban J connectivity index is 1.79. The van der Waals surface area contributed by atoms with E-state index in [1.54, 1.807) is 0 Å². The van der Waals surface area contributed by atoms with Crippen molar-refractivity contribution in [1.29, 1.82) is 0 Å². The van der Waals surface area contributed by atoms with Crippen molar-refractivity contribution >= 4 is 17.7 Å². The molecule has 1 saturated heterocycles. The monoisotopic (exact) mass is 277 g/mol. The summed E-state index contributed by atoms with van der Waals surface area (Å²) in [6.07, 6.45) is 0.442. The van der Waals surface area contributed by atoms with Gasteiger partial charge in [-0.15, -0.1) is 0 Å². The van der Waals surface area contributed by atoms with Crippen LogP contribution in [0.3, 0.4) is 0 Å². The van der Waals surface area contributed by atoms with E-state index in [-0.39, 0.29) is 13.1 Å². The third kappa shape index (κ3) is 2.24. The van der Waals surface area contributed by atoms with Crippen molar-refractivity contribution in [2.24, 2.45) is 5.11 Å². The molecule has 1 aromatic rings. The van der Waals surface area contributed by atoms with Crippen LogP contribution in [0.2, 0.25) is 0 Å². The Morgan fingerprint density at radius 1 is 1.65 bits per heavy atom. The summed E-state index contributed by atoms with van der Waals surface area (Å²) in [7, 11) is 0. The number of anilines is 2. The zero-order valence-corrected chi connectivity index (χ0v) is 10.4. The highest BCUT2D eigenvalue weighted by Gasteiger charge is 2.33. The number of amides is 1. The third-order valence-electron chi connectivity index (χ3n) is 2.86. The maximum absolute atomic E-state index is 11.8. The van der Waals surface area contributed by atoms with Crippen molar-refractivity contribution in [3.63, 3.8) is 0 Å². The minimum atomic E-state index is -0.533. The lowest BCUT2D eigenvalue weighted by Gasteiger charge is -2.19. The second-order valence-corrected chi connectivity index (χ2v) is 4.19. The highest BCUT2D eigenvalue weighted by atomic mass is 16.6. The lowest BCUT2D eigenvalue weighted by atomic mass is 10.3. The molecule has 0 aliphatic carbocycles. The van der Waals surface area contributed by atoms with Crippen molar-refractivity contribution < 1.29 is 14.3 Å². The number of azide groups is 1. The lowest BCUT2D eigenvalue weighted by molar-refractivity contribution is 0.145. The van der Waals surface area contributed by atoms with Gasteiger partial charge in [-0.25, -0.2) is 14.8 Å². The van der Waals surface area contributed by atoms with Gasteiger partial charge in [-0.1, -0.05) is 5.11 Å². The van der Waals surface area contributed by atoms with Gasteiger partial charge in [-0.05, 0) is 5.53 Å². The van der Waals surface area contributed by atoms with Gasteiger partial charge < -0.3 is 14.8 Å². The Morgan fingerprint density at radius 3 is 3.40 bits per heavy atom. The topological polar surface area (TPSA) is 125 Å². The summed E-state index contributed by atoms with van der Waals surface area (Å²) in [5, 5.41) is 6.44. The first kappa shape index (κ1) is 12.3. The molecule has 1 amide bonds. The molecule has 10 heteroatoms. The van der Waals surface area contributed by atoms with Crippen LogP contribution in [0.15, 0.2) is 11.3 Å². The van der Waals surface area contributed by atoms with Crippen molar-refractivity contribution in [2.75, 3.05) is 36.5 Å². The zero-order chi connectivity index (χ0) is 13.9.